The first-order valence-corrected chi connectivity index (χ1v) is 8.91. The summed E-state index contributed by atoms with van der Waals surface area (Å²) in [5.74, 6) is 0. The zero-order valence-electron chi connectivity index (χ0n) is 13.8. The van der Waals surface area contributed by atoms with E-state index in [1.807, 2.05) is 0 Å². The van der Waals surface area contributed by atoms with Gasteiger partial charge in [0, 0.05) is 23.2 Å². The van der Waals surface area contributed by atoms with Crippen LogP contribution in [0.25, 0.3) is 0 Å². The summed E-state index contributed by atoms with van der Waals surface area (Å²) in [5.41, 5.74) is 0.609. The number of nitrogens with zero attached hydrogens (tertiary/aromatic N) is 1. The number of benzene rings is 1. The highest BCUT2D eigenvalue weighted by Crippen LogP contribution is 2.18. The fourth-order valence-electron chi connectivity index (χ4n) is 2.58. The molecule has 0 bridgehead atoms. The Balaban J connectivity index is 1.82. The molecule has 0 saturated carbocycles. The minimum absolute atomic E-state index is 0.326. The summed E-state index contributed by atoms with van der Waals surface area (Å²) in [5, 5.41) is 2.65. The molecule has 1 aromatic rings. The maximum absolute atomic E-state index is 14.3. The minimum Gasteiger partial charge on any atom is -0.444 e. The fourth-order valence-corrected chi connectivity index (χ4v) is 2.94. The van der Waals surface area contributed by atoms with Crippen LogP contribution in [0.5, 0.6) is 0 Å². The topological polar surface area (TPSA) is 41.6 Å². The van der Waals surface area contributed by atoms with E-state index in [9.17, 15) is 9.18 Å². The van der Waals surface area contributed by atoms with Gasteiger partial charge in [-0.05, 0) is 67.5 Å². The summed E-state index contributed by atoms with van der Waals surface area (Å²) in [7, 11) is 0. The van der Waals surface area contributed by atoms with E-state index < -0.39 is 23.9 Å². The Kier molecular flexibility index (Phi) is 6.25. The lowest BCUT2D eigenvalue weighted by atomic mass is 10.0. The number of rotatable bonds is 3. The maximum atomic E-state index is 14.3. The summed E-state index contributed by atoms with van der Waals surface area (Å²) in [6, 6.07) is 7.78. The monoisotopic (exact) mass is 434 g/mol. The molecule has 1 heterocycles. The number of amides is 1. The van der Waals surface area contributed by atoms with Crippen molar-refractivity contribution < 1.29 is 13.9 Å². The van der Waals surface area contributed by atoms with E-state index in [2.05, 4.69) is 57.1 Å². The third-order valence-electron chi connectivity index (χ3n) is 3.65. The van der Waals surface area contributed by atoms with Gasteiger partial charge in [0.15, 0.2) is 0 Å². The van der Waals surface area contributed by atoms with E-state index in [1.54, 1.807) is 20.8 Å². The van der Waals surface area contributed by atoms with Gasteiger partial charge in [-0.2, -0.15) is 0 Å². The second-order valence-electron chi connectivity index (χ2n) is 6.92. The third-order valence-corrected chi connectivity index (χ3v) is 4.37. The predicted molar refractivity (Wildman–Crippen MR) is 97.1 cm³/mol. The number of alkyl halides is 1. The molecule has 1 fully saturated rings. The lowest BCUT2D eigenvalue weighted by Crippen LogP contribution is -2.52. The molecule has 2 atom stereocenters. The van der Waals surface area contributed by atoms with Crippen molar-refractivity contribution in [1.82, 2.24) is 10.2 Å². The molecule has 0 aromatic heterocycles. The van der Waals surface area contributed by atoms with Gasteiger partial charge in [-0.25, -0.2) is 9.18 Å². The molecule has 6 heteroatoms. The normalized spacial score (nSPS) is 22.7. The SMILES string of the molecule is CC(C)(C)OC(=O)N[C@H]1CCN(Cc2ccc(I)cc2)C[C@@H]1F. The molecule has 0 radical (unpaired) electrons. The number of ether oxygens (including phenoxy) is 1. The molecular formula is C17H24FIN2O2. The van der Waals surface area contributed by atoms with Crippen LogP contribution < -0.4 is 5.32 Å². The molecule has 0 unspecified atom stereocenters. The third kappa shape index (κ3) is 6.25. The van der Waals surface area contributed by atoms with E-state index in [-0.39, 0.29) is 0 Å². The highest BCUT2D eigenvalue weighted by atomic mass is 127. The Hall–Kier alpha value is -0.890. The van der Waals surface area contributed by atoms with E-state index in [0.717, 1.165) is 13.1 Å². The molecule has 23 heavy (non-hydrogen) atoms. The number of carbonyl (C=O) groups is 1. The summed E-state index contributed by atoms with van der Waals surface area (Å²) in [6.45, 7) is 7.20. The van der Waals surface area contributed by atoms with Gasteiger partial charge >= 0.3 is 6.09 Å². The smallest absolute Gasteiger partial charge is 0.407 e. The van der Waals surface area contributed by atoms with Gasteiger partial charge in [0.25, 0.3) is 0 Å². The Labute approximate surface area is 150 Å². The van der Waals surface area contributed by atoms with Crippen LogP contribution in [0, 0.1) is 3.57 Å². The number of nitrogens with one attached hydrogen (secondary N) is 1. The molecule has 1 amide bonds. The van der Waals surface area contributed by atoms with Gasteiger partial charge in [0.2, 0.25) is 0 Å². The number of alkyl carbamates (subject to hydrolysis) is 1. The lowest BCUT2D eigenvalue weighted by molar-refractivity contribution is 0.0391. The van der Waals surface area contributed by atoms with Crippen LogP contribution in [0.1, 0.15) is 32.8 Å². The molecule has 1 saturated heterocycles. The minimum atomic E-state index is -1.08. The lowest BCUT2D eigenvalue weighted by Gasteiger charge is -2.35. The van der Waals surface area contributed by atoms with Crippen LogP contribution in [0.4, 0.5) is 9.18 Å². The summed E-state index contributed by atoms with van der Waals surface area (Å²) < 4.78 is 20.7. The van der Waals surface area contributed by atoms with Crippen LogP contribution in [-0.2, 0) is 11.3 Å². The summed E-state index contributed by atoms with van der Waals surface area (Å²) in [6.07, 6.45) is -1.04. The molecule has 0 spiro atoms. The fraction of sp³-hybridized carbons (Fsp3) is 0.588. The van der Waals surface area contributed by atoms with E-state index in [0.29, 0.717) is 13.0 Å². The van der Waals surface area contributed by atoms with Crippen LogP contribution in [0.2, 0.25) is 0 Å². The predicted octanol–water partition coefficient (Wildman–Crippen LogP) is 3.73. The standard InChI is InChI=1S/C17H24FIN2O2/c1-17(2,3)23-16(22)20-15-8-9-21(11-14(15)18)10-12-4-6-13(19)7-5-12/h4-7,14-15H,8-11H2,1-3H3,(H,20,22)/t14-,15-/m0/s1. The number of piperidine rings is 1. The summed E-state index contributed by atoms with van der Waals surface area (Å²) >= 11 is 2.27. The van der Waals surface area contributed by atoms with Crippen LogP contribution >= 0.6 is 22.6 Å². The number of carbonyl (C=O) groups excluding carboxylic acids is 1. The quantitative estimate of drug-likeness (QED) is 0.738. The Morgan fingerprint density at radius 3 is 2.61 bits per heavy atom. The molecule has 1 aliphatic heterocycles. The van der Waals surface area contributed by atoms with E-state index >= 15 is 0 Å². The number of likely N-dealkylation sites (tertiary alicyclic amines) is 1. The van der Waals surface area contributed by atoms with Crippen molar-refractivity contribution in [3.05, 3.63) is 33.4 Å². The first-order chi connectivity index (χ1) is 10.7. The zero-order chi connectivity index (χ0) is 17.0. The van der Waals surface area contributed by atoms with Crippen molar-refractivity contribution in [3.63, 3.8) is 0 Å². The number of halogens is 2. The van der Waals surface area contributed by atoms with Crippen LogP contribution in [0.15, 0.2) is 24.3 Å². The van der Waals surface area contributed by atoms with Crippen molar-refractivity contribution in [1.29, 1.82) is 0 Å². The zero-order valence-corrected chi connectivity index (χ0v) is 16.0. The number of hydrogen-bond acceptors (Lipinski definition) is 3. The molecule has 1 N–H and O–H groups in total. The van der Waals surface area contributed by atoms with Crippen LogP contribution in [-0.4, -0.2) is 41.9 Å². The molecule has 1 aromatic carbocycles. The van der Waals surface area contributed by atoms with Crippen molar-refractivity contribution in [3.8, 4) is 0 Å². The van der Waals surface area contributed by atoms with Gasteiger partial charge in [-0.15, -0.1) is 0 Å². The van der Waals surface area contributed by atoms with Gasteiger partial charge in [-0.1, -0.05) is 12.1 Å². The molecular weight excluding hydrogens is 410 g/mol. The molecule has 4 nitrogen and oxygen atoms in total. The second-order valence-corrected chi connectivity index (χ2v) is 8.16. The highest BCUT2D eigenvalue weighted by molar-refractivity contribution is 14.1. The second kappa shape index (κ2) is 7.79. The molecule has 0 aliphatic carbocycles. The van der Waals surface area contributed by atoms with Crippen molar-refractivity contribution in [2.24, 2.45) is 0 Å². The van der Waals surface area contributed by atoms with Gasteiger partial charge in [0.1, 0.15) is 11.8 Å². The van der Waals surface area contributed by atoms with Crippen molar-refractivity contribution in [2.75, 3.05) is 13.1 Å². The number of hydrogen-bond donors (Lipinski definition) is 1. The first kappa shape index (κ1) is 18.4. The van der Waals surface area contributed by atoms with E-state index in [4.69, 9.17) is 4.74 Å². The van der Waals surface area contributed by atoms with Crippen LogP contribution in [0.3, 0.4) is 0 Å². The van der Waals surface area contributed by atoms with Gasteiger partial charge in [-0.3, -0.25) is 4.90 Å². The highest BCUT2D eigenvalue weighted by Gasteiger charge is 2.31. The van der Waals surface area contributed by atoms with E-state index in [1.165, 1.54) is 9.13 Å². The van der Waals surface area contributed by atoms with Crippen molar-refractivity contribution >= 4 is 28.7 Å². The Morgan fingerprint density at radius 1 is 1.39 bits per heavy atom. The Morgan fingerprint density at radius 2 is 2.04 bits per heavy atom. The van der Waals surface area contributed by atoms with Crippen molar-refractivity contribution in [2.45, 2.75) is 51.6 Å². The average molecular weight is 434 g/mol. The molecule has 128 valence electrons. The van der Waals surface area contributed by atoms with Gasteiger partial charge in [0.05, 0.1) is 6.04 Å². The molecule has 2 rings (SSSR count). The summed E-state index contributed by atoms with van der Waals surface area (Å²) in [4.78, 5) is 13.8. The average Bonchev–Trinajstić information content (AvgIpc) is 2.42. The maximum Gasteiger partial charge on any atom is 0.407 e. The first-order valence-electron chi connectivity index (χ1n) is 7.83. The Bertz CT molecular complexity index is 530. The largest absolute Gasteiger partial charge is 0.444 e. The van der Waals surface area contributed by atoms with Gasteiger partial charge < -0.3 is 10.1 Å². The molecule has 1 aliphatic rings.